The summed E-state index contributed by atoms with van der Waals surface area (Å²) in [6, 6.07) is 2.67. The highest BCUT2D eigenvalue weighted by Gasteiger charge is 2.34. The van der Waals surface area contributed by atoms with Gasteiger partial charge in [0.1, 0.15) is 0 Å². The quantitative estimate of drug-likeness (QED) is 0.607. The molecule has 1 saturated heterocycles. The van der Waals surface area contributed by atoms with Crippen LogP contribution in [-0.4, -0.2) is 43.3 Å². The van der Waals surface area contributed by atoms with E-state index in [1.54, 1.807) is 19.9 Å². The average molecular weight is 378 g/mol. The average Bonchev–Trinajstić information content (AvgIpc) is 2.97. The number of benzene rings is 1. The molecule has 0 radical (unpaired) electrons. The van der Waals surface area contributed by atoms with Gasteiger partial charge in [-0.1, -0.05) is 6.92 Å². The molecule has 0 spiro atoms. The van der Waals surface area contributed by atoms with Crippen LogP contribution in [0.1, 0.15) is 30.9 Å². The number of hydrogen-bond donors (Lipinski definition) is 1. The third-order valence-corrected chi connectivity index (χ3v) is 6.26. The molecule has 1 atom stereocenters. The van der Waals surface area contributed by atoms with E-state index in [9.17, 15) is 18.5 Å². The molecule has 1 N–H and O–H groups in total. The van der Waals surface area contributed by atoms with Crippen LogP contribution >= 0.6 is 12.4 Å². The summed E-state index contributed by atoms with van der Waals surface area (Å²) in [6.07, 6.45) is 1.45. The van der Waals surface area contributed by atoms with Crippen molar-refractivity contribution in [3.05, 3.63) is 33.4 Å². The SMILES string of the molecule is CCCN(C1CCNC1)S(=O)(=O)c1cc([N+](=O)[O-])c(C)cc1C.Cl. The topological polar surface area (TPSA) is 92.6 Å². The maximum Gasteiger partial charge on any atom is 0.273 e. The highest BCUT2D eigenvalue weighted by molar-refractivity contribution is 7.89. The van der Waals surface area contributed by atoms with Crippen LogP contribution in [0.2, 0.25) is 0 Å². The number of nitrogens with one attached hydrogen (secondary N) is 1. The van der Waals surface area contributed by atoms with Crippen LogP contribution in [0.5, 0.6) is 0 Å². The summed E-state index contributed by atoms with van der Waals surface area (Å²) in [7, 11) is -3.76. The van der Waals surface area contributed by atoms with E-state index in [0.29, 0.717) is 30.6 Å². The molecule has 0 aromatic heterocycles. The van der Waals surface area contributed by atoms with E-state index in [1.165, 1.54) is 10.4 Å². The number of nitro benzene ring substituents is 1. The lowest BCUT2D eigenvalue weighted by Gasteiger charge is -2.28. The number of nitrogens with zero attached hydrogens (tertiary/aromatic N) is 2. The zero-order valence-electron chi connectivity index (χ0n) is 14.1. The van der Waals surface area contributed by atoms with E-state index in [0.717, 1.165) is 13.0 Å². The highest BCUT2D eigenvalue weighted by atomic mass is 35.5. The molecule has 136 valence electrons. The number of rotatable bonds is 6. The molecule has 0 saturated carbocycles. The minimum Gasteiger partial charge on any atom is -0.315 e. The van der Waals surface area contributed by atoms with Crippen LogP contribution in [-0.2, 0) is 10.0 Å². The van der Waals surface area contributed by atoms with Crippen LogP contribution in [0.4, 0.5) is 5.69 Å². The minimum atomic E-state index is -3.76. The van der Waals surface area contributed by atoms with E-state index in [1.807, 2.05) is 6.92 Å². The Morgan fingerprint density at radius 1 is 1.33 bits per heavy atom. The van der Waals surface area contributed by atoms with Crippen molar-refractivity contribution in [2.45, 2.75) is 44.6 Å². The Hall–Kier alpha value is -1.22. The van der Waals surface area contributed by atoms with Gasteiger partial charge in [-0.05, 0) is 44.9 Å². The molecule has 7 nitrogen and oxygen atoms in total. The fourth-order valence-electron chi connectivity index (χ4n) is 3.03. The number of aryl methyl sites for hydroxylation is 2. The van der Waals surface area contributed by atoms with Crippen molar-refractivity contribution in [1.29, 1.82) is 0 Å². The van der Waals surface area contributed by atoms with Crippen LogP contribution in [0.25, 0.3) is 0 Å². The van der Waals surface area contributed by atoms with Crippen molar-refractivity contribution in [1.82, 2.24) is 9.62 Å². The number of hydrogen-bond acceptors (Lipinski definition) is 5. The zero-order chi connectivity index (χ0) is 17.2. The first-order valence-corrected chi connectivity index (χ1v) is 9.21. The van der Waals surface area contributed by atoms with E-state index in [-0.39, 0.29) is 29.0 Å². The molecule has 1 unspecified atom stereocenters. The van der Waals surface area contributed by atoms with Gasteiger partial charge in [0.15, 0.2) is 0 Å². The number of halogens is 1. The predicted octanol–water partition coefficient (Wildman–Crippen LogP) is 2.40. The molecule has 1 aliphatic heterocycles. The van der Waals surface area contributed by atoms with Crippen LogP contribution in [0.3, 0.4) is 0 Å². The van der Waals surface area contributed by atoms with Crippen molar-refractivity contribution in [3.8, 4) is 0 Å². The zero-order valence-corrected chi connectivity index (χ0v) is 15.7. The van der Waals surface area contributed by atoms with Gasteiger partial charge in [0.2, 0.25) is 10.0 Å². The summed E-state index contributed by atoms with van der Waals surface area (Å²) in [5.74, 6) is 0. The highest BCUT2D eigenvalue weighted by Crippen LogP contribution is 2.29. The van der Waals surface area contributed by atoms with Crippen LogP contribution in [0.15, 0.2) is 17.0 Å². The van der Waals surface area contributed by atoms with E-state index >= 15 is 0 Å². The fourth-order valence-corrected chi connectivity index (χ4v) is 5.00. The van der Waals surface area contributed by atoms with Crippen molar-refractivity contribution in [2.24, 2.45) is 0 Å². The lowest BCUT2D eigenvalue weighted by Crippen LogP contribution is -2.42. The normalized spacial score (nSPS) is 17.8. The van der Waals surface area contributed by atoms with E-state index in [2.05, 4.69) is 5.32 Å². The van der Waals surface area contributed by atoms with E-state index in [4.69, 9.17) is 0 Å². The molecule has 9 heteroatoms. The summed E-state index contributed by atoms with van der Waals surface area (Å²) < 4.78 is 27.7. The molecule has 24 heavy (non-hydrogen) atoms. The molecular formula is C15H24ClN3O4S. The third-order valence-electron chi connectivity index (χ3n) is 4.16. The largest absolute Gasteiger partial charge is 0.315 e. The van der Waals surface area contributed by atoms with Crippen molar-refractivity contribution in [2.75, 3.05) is 19.6 Å². The first kappa shape index (κ1) is 20.8. The van der Waals surface area contributed by atoms with Gasteiger partial charge in [0.25, 0.3) is 5.69 Å². The molecule has 0 amide bonds. The smallest absolute Gasteiger partial charge is 0.273 e. The lowest BCUT2D eigenvalue weighted by atomic mass is 10.1. The summed E-state index contributed by atoms with van der Waals surface area (Å²) in [5, 5.41) is 14.3. The number of nitro groups is 1. The molecule has 0 bridgehead atoms. The molecule has 1 aliphatic rings. The second-order valence-corrected chi connectivity index (χ2v) is 7.78. The summed E-state index contributed by atoms with van der Waals surface area (Å²) >= 11 is 0. The molecule has 0 aliphatic carbocycles. The molecule has 1 aromatic rings. The third kappa shape index (κ3) is 4.05. The molecule has 2 rings (SSSR count). The van der Waals surface area contributed by atoms with Crippen molar-refractivity contribution in [3.63, 3.8) is 0 Å². The van der Waals surface area contributed by atoms with Gasteiger partial charge in [0, 0.05) is 30.8 Å². The van der Waals surface area contributed by atoms with Crippen molar-refractivity contribution >= 4 is 28.1 Å². The van der Waals surface area contributed by atoms with Crippen LogP contribution < -0.4 is 5.32 Å². The minimum absolute atomic E-state index is 0. The van der Waals surface area contributed by atoms with Crippen molar-refractivity contribution < 1.29 is 13.3 Å². The van der Waals surface area contributed by atoms with Gasteiger partial charge in [-0.25, -0.2) is 8.42 Å². The fraction of sp³-hybridized carbons (Fsp3) is 0.600. The monoisotopic (exact) mass is 377 g/mol. The molecule has 1 heterocycles. The van der Waals surface area contributed by atoms with Gasteiger partial charge in [0.05, 0.1) is 9.82 Å². The number of sulfonamides is 1. The standard InChI is InChI=1S/C15H23N3O4S.ClH/c1-4-7-17(13-5-6-16-10-13)23(21,22)15-9-14(18(19)20)11(2)8-12(15)3;/h8-9,13,16H,4-7,10H2,1-3H3;1H. The summed E-state index contributed by atoms with van der Waals surface area (Å²) in [6.45, 7) is 7.04. The van der Waals surface area contributed by atoms with Crippen LogP contribution in [0, 0.1) is 24.0 Å². The van der Waals surface area contributed by atoms with Gasteiger partial charge < -0.3 is 5.32 Å². The summed E-state index contributed by atoms with van der Waals surface area (Å²) in [5.41, 5.74) is 0.853. The Morgan fingerprint density at radius 3 is 2.50 bits per heavy atom. The maximum atomic E-state index is 13.1. The molecule has 1 aromatic carbocycles. The first-order valence-electron chi connectivity index (χ1n) is 7.77. The second kappa shape index (κ2) is 8.24. The molecular weight excluding hydrogens is 354 g/mol. The Morgan fingerprint density at radius 2 is 2.00 bits per heavy atom. The lowest BCUT2D eigenvalue weighted by molar-refractivity contribution is -0.385. The van der Waals surface area contributed by atoms with Gasteiger partial charge in [-0.15, -0.1) is 12.4 Å². The Kier molecular flexibility index (Phi) is 7.15. The van der Waals surface area contributed by atoms with Gasteiger partial charge in [-0.3, -0.25) is 10.1 Å². The Bertz CT molecular complexity index is 703. The Labute approximate surface area is 149 Å². The van der Waals surface area contributed by atoms with Gasteiger partial charge in [-0.2, -0.15) is 4.31 Å². The predicted molar refractivity (Wildman–Crippen MR) is 95.3 cm³/mol. The maximum absolute atomic E-state index is 13.1. The summed E-state index contributed by atoms with van der Waals surface area (Å²) in [4.78, 5) is 10.7. The first-order chi connectivity index (χ1) is 10.8. The Balaban J connectivity index is 0.00000288. The van der Waals surface area contributed by atoms with Gasteiger partial charge >= 0.3 is 0 Å². The second-order valence-electron chi connectivity index (χ2n) is 5.92. The molecule has 1 fully saturated rings. The van der Waals surface area contributed by atoms with E-state index < -0.39 is 14.9 Å².